The van der Waals surface area contributed by atoms with E-state index in [9.17, 15) is 0 Å². The lowest BCUT2D eigenvalue weighted by Gasteiger charge is -2.14. The Kier molecular flexibility index (Phi) is 7.27. The molecule has 0 spiro atoms. The minimum Gasteiger partial charge on any atom is -0.493 e. The van der Waals surface area contributed by atoms with Gasteiger partial charge in [0, 0.05) is 0 Å². The topological polar surface area (TPSA) is 35.2 Å². The molecule has 2 N–H and O–H groups in total. The minimum absolute atomic E-state index is 0.697. The van der Waals surface area contributed by atoms with Crippen molar-refractivity contribution in [3.8, 4) is 5.75 Å². The highest BCUT2D eigenvalue weighted by atomic mass is 16.5. The Morgan fingerprint density at radius 2 is 1.84 bits per heavy atom. The molecule has 0 aliphatic rings. The molecule has 0 unspecified atom stereocenters. The quantitative estimate of drug-likeness (QED) is 0.540. The van der Waals surface area contributed by atoms with E-state index in [4.69, 9.17) is 10.5 Å². The Labute approximate surface area is 117 Å². The molecule has 106 valence electrons. The predicted molar refractivity (Wildman–Crippen MR) is 82.8 cm³/mol. The molecule has 0 fully saturated rings. The normalized spacial score (nSPS) is 10.5. The molecule has 1 rings (SSSR count). The summed E-state index contributed by atoms with van der Waals surface area (Å²) in [5.74, 6) is 1.05. The molecule has 19 heavy (non-hydrogen) atoms. The number of hydrogen-bond donors (Lipinski definition) is 1. The molecule has 0 atom stereocenters. The smallest absolute Gasteiger partial charge is 0.125 e. The lowest BCUT2D eigenvalue weighted by atomic mass is 10.0. The van der Waals surface area contributed by atoms with E-state index in [-0.39, 0.29) is 0 Å². The third kappa shape index (κ3) is 5.48. The van der Waals surface area contributed by atoms with Crippen molar-refractivity contribution in [3.05, 3.63) is 41.5 Å². The molecule has 0 bridgehead atoms. The van der Waals surface area contributed by atoms with Crippen molar-refractivity contribution in [2.24, 2.45) is 5.73 Å². The van der Waals surface area contributed by atoms with Crippen LogP contribution in [0.5, 0.6) is 5.75 Å². The zero-order chi connectivity index (χ0) is 14.1. The van der Waals surface area contributed by atoms with Gasteiger partial charge >= 0.3 is 0 Å². The molecule has 0 aliphatic carbocycles. The maximum atomic E-state index is 5.92. The summed E-state index contributed by atoms with van der Waals surface area (Å²) in [7, 11) is 0. The molecule has 0 radical (unpaired) electrons. The van der Waals surface area contributed by atoms with E-state index in [0.717, 1.165) is 31.6 Å². The van der Waals surface area contributed by atoms with Gasteiger partial charge in [-0.2, -0.15) is 0 Å². The van der Waals surface area contributed by atoms with Gasteiger partial charge in [0.1, 0.15) is 5.75 Å². The summed E-state index contributed by atoms with van der Waals surface area (Å²) in [6.45, 7) is 9.45. The van der Waals surface area contributed by atoms with E-state index in [0.29, 0.717) is 6.54 Å². The number of aryl methyl sites for hydroxylation is 2. The Hall–Kier alpha value is -1.28. The molecule has 1 aromatic rings. The number of hydrogen-bond acceptors (Lipinski definition) is 2. The molecular weight excluding hydrogens is 234 g/mol. The SMILES string of the molecule is C=CCCCCCOc1c(C)cc(CCN)cc1C. The standard InChI is InChI=1S/C17H27NO/c1-4-5-6-7-8-11-19-17-14(2)12-16(9-10-18)13-15(17)3/h4,12-13H,1,5-11,18H2,2-3H3. The maximum Gasteiger partial charge on any atom is 0.125 e. The first-order chi connectivity index (χ1) is 9.19. The first-order valence-electron chi connectivity index (χ1n) is 7.23. The Morgan fingerprint density at radius 1 is 1.16 bits per heavy atom. The third-order valence-electron chi connectivity index (χ3n) is 3.25. The fourth-order valence-corrected chi connectivity index (χ4v) is 2.32. The second kappa shape index (κ2) is 8.76. The average molecular weight is 261 g/mol. The molecule has 1 aromatic carbocycles. The highest BCUT2D eigenvalue weighted by molar-refractivity contribution is 5.43. The minimum atomic E-state index is 0.697. The summed E-state index contributed by atoms with van der Waals surface area (Å²) < 4.78 is 5.92. The maximum absolute atomic E-state index is 5.92. The molecule has 0 aliphatic heterocycles. The van der Waals surface area contributed by atoms with E-state index in [1.165, 1.54) is 29.5 Å². The summed E-state index contributed by atoms with van der Waals surface area (Å²) in [5, 5.41) is 0. The van der Waals surface area contributed by atoms with Gasteiger partial charge in [0.25, 0.3) is 0 Å². The van der Waals surface area contributed by atoms with Gasteiger partial charge in [0.05, 0.1) is 6.61 Å². The molecule has 2 heteroatoms. The Bertz CT molecular complexity index is 375. The van der Waals surface area contributed by atoms with Crippen LogP contribution in [0.3, 0.4) is 0 Å². The Morgan fingerprint density at radius 3 is 2.42 bits per heavy atom. The summed E-state index contributed by atoms with van der Waals surface area (Å²) in [5.41, 5.74) is 9.33. The van der Waals surface area contributed by atoms with Crippen molar-refractivity contribution in [3.63, 3.8) is 0 Å². The molecule has 0 saturated heterocycles. The van der Waals surface area contributed by atoms with Crippen molar-refractivity contribution in [2.75, 3.05) is 13.2 Å². The van der Waals surface area contributed by atoms with Gasteiger partial charge in [0.15, 0.2) is 0 Å². The number of rotatable bonds is 9. The van der Waals surface area contributed by atoms with E-state index in [2.05, 4.69) is 32.6 Å². The number of nitrogens with two attached hydrogens (primary N) is 1. The van der Waals surface area contributed by atoms with Crippen molar-refractivity contribution in [1.82, 2.24) is 0 Å². The van der Waals surface area contributed by atoms with Crippen molar-refractivity contribution >= 4 is 0 Å². The number of ether oxygens (including phenoxy) is 1. The summed E-state index contributed by atoms with van der Waals surface area (Å²) in [4.78, 5) is 0. The van der Waals surface area contributed by atoms with Gasteiger partial charge in [-0.3, -0.25) is 0 Å². The second-order valence-corrected chi connectivity index (χ2v) is 5.08. The number of benzene rings is 1. The van der Waals surface area contributed by atoms with Crippen LogP contribution < -0.4 is 10.5 Å². The van der Waals surface area contributed by atoms with E-state index in [1.54, 1.807) is 0 Å². The predicted octanol–water partition coefficient (Wildman–Crippen LogP) is 3.93. The van der Waals surface area contributed by atoms with Crippen LogP contribution in [0.1, 0.15) is 42.4 Å². The number of allylic oxidation sites excluding steroid dienone is 1. The van der Waals surface area contributed by atoms with Gasteiger partial charge in [-0.05, 0) is 69.2 Å². The lowest BCUT2D eigenvalue weighted by Crippen LogP contribution is -2.05. The molecule has 0 saturated carbocycles. The average Bonchev–Trinajstić information content (AvgIpc) is 2.36. The fraction of sp³-hybridized carbons (Fsp3) is 0.529. The largest absolute Gasteiger partial charge is 0.493 e. The molecule has 0 aromatic heterocycles. The van der Waals surface area contributed by atoms with Crippen molar-refractivity contribution in [2.45, 2.75) is 46.0 Å². The first-order valence-corrected chi connectivity index (χ1v) is 7.23. The van der Waals surface area contributed by atoms with Crippen LogP contribution in [0.4, 0.5) is 0 Å². The van der Waals surface area contributed by atoms with Crippen molar-refractivity contribution < 1.29 is 4.74 Å². The highest BCUT2D eigenvalue weighted by Gasteiger charge is 2.06. The van der Waals surface area contributed by atoms with E-state index < -0.39 is 0 Å². The van der Waals surface area contributed by atoms with Gasteiger partial charge in [0.2, 0.25) is 0 Å². The summed E-state index contributed by atoms with van der Waals surface area (Å²) >= 11 is 0. The van der Waals surface area contributed by atoms with Crippen LogP contribution in [0.25, 0.3) is 0 Å². The van der Waals surface area contributed by atoms with Gasteiger partial charge in [-0.15, -0.1) is 6.58 Å². The summed E-state index contributed by atoms with van der Waals surface area (Å²) in [6.07, 6.45) is 7.54. The van der Waals surface area contributed by atoms with Crippen LogP contribution in [-0.4, -0.2) is 13.2 Å². The van der Waals surface area contributed by atoms with Crippen LogP contribution in [-0.2, 0) is 6.42 Å². The second-order valence-electron chi connectivity index (χ2n) is 5.08. The molecule has 2 nitrogen and oxygen atoms in total. The van der Waals surface area contributed by atoms with Gasteiger partial charge in [-0.1, -0.05) is 18.2 Å². The van der Waals surface area contributed by atoms with E-state index in [1.807, 2.05) is 6.08 Å². The monoisotopic (exact) mass is 261 g/mol. The zero-order valence-electron chi connectivity index (χ0n) is 12.4. The highest BCUT2D eigenvalue weighted by Crippen LogP contribution is 2.25. The lowest BCUT2D eigenvalue weighted by molar-refractivity contribution is 0.301. The number of unbranched alkanes of at least 4 members (excludes halogenated alkanes) is 3. The summed E-state index contributed by atoms with van der Waals surface area (Å²) in [6, 6.07) is 4.37. The Balaban J connectivity index is 2.47. The first kappa shape index (κ1) is 15.8. The van der Waals surface area contributed by atoms with Crippen LogP contribution >= 0.6 is 0 Å². The van der Waals surface area contributed by atoms with Crippen molar-refractivity contribution in [1.29, 1.82) is 0 Å². The molecule has 0 heterocycles. The van der Waals surface area contributed by atoms with Gasteiger partial charge < -0.3 is 10.5 Å². The van der Waals surface area contributed by atoms with E-state index >= 15 is 0 Å². The van der Waals surface area contributed by atoms with Crippen LogP contribution in [0, 0.1) is 13.8 Å². The van der Waals surface area contributed by atoms with Gasteiger partial charge in [-0.25, -0.2) is 0 Å². The molecule has 0 amide bonds. The van der Waals surface area contributed by atoms with Crippen LogP contribution in [0.15, 0.2) is 24.8 Å². The third-order valence-corrected chi connectivity index (χ3v) is 3.25. The molecular formula is C17H27NO. The van der Waals surface area contributed by atoms with Crippen LogP contribution in [0.2, 0.25) is 0 Å². The zero-order valence-corrected chi connectivity index (χ0v) is 12.4. The fourth-order valence-electron chi connectivity index (χ4n) is 2.32.